The van der Waals surface area contributed by atoms with E-state index in [0.717, 1.165) is 12.7 Å². The number of rotatable bonds is 21. The van der Waals surface area contributed by atoms with Crippen LogP contribution in [0.1, 0.15) is 66.4 Å². The highest BCUT2D eigenvalue weighted by atomic mass is 16.6. The van der Waals surface area contributed by atoms with E-state index in [1.165, 1.54) is 6.92 Å². The second-order valence-electron chi connectivity index (χ2n) is 13.3. The Morgan fingerprint density at radius 2 is 1.35 bits per heavy atom. The van der Waals surface area contributed by atoms with Crippen LogP contribution in [0.3, 0.4) is 0 Å². The lowest BCUT2D eigenvalue weighted by molar-refractivity contribution is -0.141. The minimum absolute atomic E-state index is 0.0239. The summed E-state index contributed by atoms with van der Waals surface area (Å²) in [6, 6.07) is 3.99. The molecule has 0 aliphatic rings. The van der Waals surface area contributed by atoms with E-state index in [9.17, 15) is 38.4 Å². The zero-order valence-corrected chi connectivity index (χ0v) is 30.8. The van der Waals surface area contributed by atoms with Crippen molar-refractivity contribution < 1.29 is 52.6 Å². The van der Waals surface area contributed by atoms with Crippen molar-refractivity contribution in [2.24, 2.45) is 11.7 Å². The number of methoxy groups -OCH3 is 1. The van der Waals surface area contributed by atoms with Crippen molar-refractivity contribution >= 4 is 47.5 Å². The van der Waals surface area contributed by atoms with Crippen molar-refractivity contribution in [2.75, 3.05) is 26.8 Å². The zero-order valence-electron chi connectivity index (χ0n) is 30.8. The minimum Gasteiger partial charge on any atom is -0.468 e. The molecule has 7 amide bonds. The zero-order chi connectivity index (χ0) is 39.4. The summed E-state index contributed by atoms with van der Waals surface area (Å²) in [5, 5.41) is 14.6. The smallest absolute Gasteiger partial charge is 0.408 e. The lowest BCUT2D eigenvalue weighted by Gasteiger charge is -2.25. The average Bonchev–Trinajstić information content (AvgIpc) is 3.05. The molecule has 18 nitrogen and oxygen atoms in total. The van der Waals surface area contributed by atoms with E-state index in [0.29, 0.717) is 0 Å². The van der Waals surface area contributed by atoms with Crippen molar-refractivity contribution in [1.82, 2.24) is 31.9 Å². The van der Waals surface area contributed by atoms with E-state index in [-0.39, 0.29) is 38.4 Å². The van der Waals surface area contributed by atoms with E-state index >= 15 is 0 Å². The van der Waals surface area contributed by atoms with Gasteiger partial charge in [0, 0.05) is 6.42 Å². The van der Waals surface area contributed by atoms with Crippen molar-refractivity contribution in [3.63, 3.8) is 0 Å². The Bertz CT molecular complexity index is 1380. The second kappa shape index (κ2) is 22.5. The highest BCUT2D eigenvalue weighted by molar-refractivity contribution is 5.95. The van der Waals surface area contributed by atoms with Gasteiger partial charge in [-0.3, -0.25) is 33.6 Å². The fourth-order valence-electron chi connectivity index (χ4n) is 4.32. The molecule has 52 heavy (non-hydrogen) atoms. The number of carbonyl (C=O) groups is 8. The molecule has 4 atom stereocenters. The molecular formula is C34H53N7O11. The number of amides is 7. The van der Waals surface area contributed by atoms with E-state index < -0.39 is 90.4 Å². The van der Waals surface area contributed by atoms with Crippen LogP contribution in [-0.4, -0.2) is 104 Å². The van der Waals surface area contributed by atoms with E-state index in [1.807, 2.05) is 19.9 Å². The fourth-order valence-corrected chi connectivity index (χ4v) is 4.32. The quantitative estimate of drug-likeness (QED) is 0.0776. The number of hydrogen-bond donors (Lipinski definition) is 7. The van der Waals surface area contributed by atoms with E-state index in [4.69, 9.17) is 15.2 Å². The van der Waals surface area contributed by atoms with Crippen LogP contribution in [-0.2, 0) is 54.4 Å². The Morgan fingerprint density at radius 3 is 1.92 bits per heavy atom. The average molecular weight is 736 g/mol. The predicted molar refractivity (Wildman–Crippen MR) is 187 cm³/mol. The first kappa shape index (κ1) is 44.8. The van der Waals surface area contributed by atoms with Gasteiger partial charge in [-0.1, -0.05) is 44.2 Å². The Labute approximate surface area is 303 Å². The number of alkyl carbamates (subject to hydrolysis) is 1. The molecule has 1 rings (SSSR count). The van der Waals surface area contributed by atoms with Crippen LogP contribution in [0.2, 0.25) is 0 Å². The summed E-state index contributed by atoms with van der Waals surface area (Å²) in [4.78, 5) is 100. The number of primary amides is 1. The second-order valence-corrected chi connectivity index (χ2v) is 13.3. The molecule has 0 aliphatic carbocycles. The summed E-state index contributed by atoms with van der Waals surface area (Å²) in [5.41, 5.74) is 5.22. The normalized spacial score (nSPS) is 13.3. The molecule has 290 valence electrons. The minimum atomic E-state index is -1.40. The Morgan fingerprint density at radius 1 is 0.750 bits per heavy atom. The first-order valence-corrected chi connectivity index (χ1v) is 16.7. The molecule has 8 N–H and O–H groups in total. The number of nitrogens with two attached hydrogens (primary N) is 1. The van der Waals surface area contributed by atoms with Crippen molar-refractivity contribution in [3.8, 4) is 0 Å². The van der Waals surface area contributed by atoms with Crippen LogP contribution < -0.4 is 37.6 Å². The van der Waals surface area contributed by atoms with Gasteiger partial charge in [0.25, 0.3) is 0 Å². The summed E-state index contributed by atoms with van der Waals surface area (Å²) in [6.07, 6.45) is -1.20. The molecule has 0 spiro atoms. The highest BCUT2D eigenvalue weighted by Crippen LogP contribution is 2.08. The fraction of sp³-hybridized carbons (Fsp3) is 0.588. The lowest BCUT2D eigenvalue weighted by atomic mass is 10.0. The molecule has 1 aromatic rings. The number of nitrogens with one attached hydrogen (secondary N) is 6. The van der Waals surface area contributed by atoms with Gasteiger partial charge in [-0.05, 0) is 52.0 Å². The predicted octanol–water partition coefficient (Wildman–Crippen LogP) is -0.712. The molecule has 0 radical (unpaired) electrons. The highest BCUT2D eigenvalue weighted by Gasteiger charge is 2.30. The molecule has 0 bridgehead atoms. The van der Waals surface area contributed by atoms with Gasteiger partial charge in [-0.15, -0.1) is 0 Å². The maximum Gasteiger partial charge on any atom is 0.408 e. The molecule has 0 unspecified atom stereocenters. The van der Waals surface area contributed by atoms with Crippen molar-refractivity contribution in [3.05, 3.63) is 35.9 Å². The number of benzene rings is 1. The molecule has 0 saturated carbocycles. The number of hydrogen-bond acceptors (Lipinski definition) is 11. The Kier molecular flexibility index (Phi) is 19.4. The van der Waals surface area contributed by atoms with Crippen LogP contribution in [0.25, 0.3) is 0 Å². The maximum absolute atomic E-state index is 13.5. The summed E-state index contributed by atoms with van der Waals surface area (Å²) in [5.74, 6) is -5.34. The molecule has 0 aromatic heterocycles. The lowest BCUT2D eigenvalue weighted by Crippen LogP contribution is -2.58. The van der Waals surface area contributed by atoms with Crippen molar-refractivity contribution in [2.45, 2.75) is 97.2 Å². The van der Waals surface area contributed by atoms with E-state index in [2.05, 4.69) is 36.6 Å². The Balaban J connectivity index is 3.08. The molecule has 18 heteroatoms. The topological polar surface area (TPSA) is 262 Å². The third-order valence-electron chi connectivity index (χ3n) is 6.88. The SMILES string of the molecule is COC(=O)CNC(=O)[C@H](CC(C)C)NC(=O)CNC(=O)[C@H](COCc1ccccc1)NC(=O)[C@H](CCC(N)=O)NC(=O)[C@H](C)NC(=O)OC(C)(C)C. The third kappa shape index (κ3) is 19.2. The number of carbonyl (C=O) groups excluding carboxylic acids is 8. The molecule has 0 saturated heterocycles. The van der Waals surface area contributed by atoms with Gasteiger partial charge in [0.15, 0.2) is 0 Å². The third-order valence-corrected chi connectivity index (χ3v) is 6.88. The summed E-state index contributed by atoms with van der Waals surface area (Å²) >= 11 is 0. The standard InChI is InChI=1S/C34H53N7O11/c1-20(2)15-24(30(46)37-17-28(44)50-7)39-27(43)16-36-31(47)25(19-51-18-22-11-9-8-10-12-22)41-32(48)23(13-14-26(35)42)40-29(45)21(3)38-33(49)52-34(4,5)6/h8-12,20-21,23-25H,13-19H2,1-7H3,(H2,35,42)(H,36,47)(H,37,46)(H,38,49)(H,39,43)(H,40,45)(H,41,48)/t21-,23-,24-,25-/m0/s1. The monoisotopic (exact) mass is 735 g/mol. The van der Waals surface area contributed by atoms with Gasteiger partial charge in [-0.25, -0.2) is 4.79 Å². The largest absolute Gasteiger partial charge is 0.468 e. The van der Waals surface area contributed by atoms with Gasteiger partial charge < -0.3 is 51.8 Å². The van der Waals surface area contributed by atoms with Crippen LogP contribution in [0.15, 0.2) is 30.3 Å². The first-order chi connectivity index (χ1) is 24.3. The maximum atomic E-state index is 13.5. The van der Waals surface area contributed by atoms with Gasteiger partial charge >= 0.3 is 12.1 Å². The van der Waals surface area contributed by atoms with Crippen LogP contribution >= 0.6 is 0 Å². The van der Waals surface area contributed by atoms with Gasteiger partial charge in [0.2, 0.25) is 35.4 Å². The molecular weight excluding hydrogens is 682 g/mol. The number of esters is 1. The summed E-state index contributed by atoms with van der Waals surface area (Å²) in [7, 11) is 1.16. The van der Waals surface area contributed by atoms with E-state index in [1.54, 1.807) is 45.0 Å². The molecule has 1 aromatic carbocycles. The van der Waals surface area contributed by atoms with Crippen LogP contribution in [0, 0.1) is 5.92 Å². The van der Waals surface area contributed by atoms with Gasteiger partial charge in [0.1, 0.15) is 36.3 Å². The summed E-state index contributed by atoms with van der Waals surface area (Å²) in [6.45, 7) is 8.63. The number of ether oxygens (including phenoxy) is 3. The summed E-state index contributed by atoms with van der Waals surface area (Å²) < 4.78 is 15.4. The van der Waals surface area contributed by atoms with Gasteiger partial charge in [0.05, 0.1) is 26.9 Å². The molecule has 0 heterocycles. The molecule has 0 fully saturated rings. The van der Waals surface area contributed by atoms with Gasteiger partial charge in [-0.2, -0.15) is 0 Å². The van der Waals surface area contributed by atoms with Crippen molar-refractivity contribution in [1.29, 1.82) is 0 Å². The van der Waals surface area contributed by atoms with Crippen LogP contribution in [0.5, 0.6) is 0 Å². The Hall–Kier alpha value is -5.26. The molecule has 0 aliphatic heterocycles. The van der Waals surface area contributed by atoms with Crippen LogP contribution in [0.4, 0.5) is 4.79 Å². The first-order valence-electron chi connectivity index (χ1n) is 16.7.